The summed E-state index contributed by atoms with van der Waals surface area (Å²) in [6.45, 7) is 10.9. The second kappa shape index (κ2) is 10.6. The highest BCUT2D eigenvalue weighted by Gasteiger charge is 2.31. The highest BCUT2D eigenvalue weighted by molar-refractivity contribution is 7.22. The first-order valence-electron chi connectivity index (χ1n) is 13.7. The molecule has 2 aromatic heterocycles. The van der Waals surface area contributed by atoms with Crippen LogP contribution in [0, 0.1) is 12.8 Å². The molecule has 1 amide bonds. The predicted molar refractivity (Wildman–Crippen MR) is 171 cm³/mol. The first-order valence-corrected chi connectivity index (χ1v) is 14.9. The van der Waals surface area contributed by atoms with E-state index in [0.29, 0.717) is 45.5 Å². The number of nitrogens with two attached hydrogens (primary N) is 1. The Morgan fingerprint density at radius 2 is 1.86 bits per heavy atom. The van der Waals surface area contributed by atoms with E-state index < -0.39 is 11.1 Å². The molecule has 1 aliphatic rings. The van der Waals surface area contributed by atoms with E-state index in [1.54, 1.807) is 15.5 Å². The number of likely N-dealkylation sites (tertiary alicyclic amines) is 1. The summed E-state index contributed by atoms with van der Waals surface area (Å²) >= 11 is 8.36. The molecular formula is C32H30ClN5O3S. The third kappa shape index (κ3) is 4.53. The summed E-state index contributed by atoms with van der Waals surface area (Å²) in [6.07, 6.45) is 1.28. The van der Waals surface area contributed by atoms with Crippen molar-refractivity contribution in [2.45, 2.75) is 33.2 Å². The molecule has 1 saturated heterocycles. The summed E-state index contributed by atoms with van der Waals surface area (Å²) in [7, 11) is 0. The normalized spacial score (nSPS) is 13.7. The fourth-order valence-corrected chi connectivity index (χ4v) is 6.90. The molecule has 214 valence electrons. The summed E-state index contributed by atoms with van der Waals surface area (Å²) in [6, 6.07) is 15.4. The molecule has 0 bridgehead atoms. The maximum atomic E-state index is 14.1. The van der Waals surface area contributed by atoms with Crippen LogP contribution in [0.4, 0.5) is 5.13 Å². The van der Waals surface area contributed by atoms with Crippen molar-refractivity contribution in [3.8, 4) is 16.8 Å². The quantitative estimate of drug-likeness (QED) is 0.198. The van der Waals surface area contributed by atoms with E-state index in [2.05, 4.69) is 25.4 Å². The average molecular weight is 600 g/mol. The van der Waals surface area contributed by atoms with E-state index in [1.165, 1.54) is 22.0 Å². The summed E-state index contributed by atoms with van der Waals surface area (Å²) in [4.78, 5) is 46.1. The number of thiazole rings is 1. The van der Waals surface area contributed by atoms with Crippen molar-refractivity contribution in [1.82, 2.24) is 19.0 Å². The maximum Gasteiger partial charge on any atom is 0.321 e. The number of para-hydroxylation sites is 2. The van der Waals surface area contributed by atoms with E-state index in [0.717, 1.165) is 26.9 Å². The number of halogens is 1. The zero-order chi connectivity index (χ0) is 29.9. The summed E-state index contributed by atoms with van der Waals surface area (Å²) < 4.78 is 3.98. The Kier molecular flexibility index (Phi) is 7.03. The topological polar surface area (TPSA) is 103 Å². The van der Waals surface area contributed by atoms with Gasteiger partial charge in [-0.05, 0) is 48.2 Å². The lowest BCUT2D eigenvalue weighted by Gasteiger charge is -2.39. The van der Waals surface area contributed by atoms with Gasteiger partial charge in [0.05, 0.1) is 32.0 Å². The second-order valence-electron chi connectivity index (χ2n) is 11.1. The number of carbonyl (C=O) groups is 1. The van der Waals surface area contributed by atoms with Crippen molar-refractivity contribution >= 4 is 55.2 Å². The SMILES string of the molecule is C=CC(=O)N1CC(Cn2c(=O)c(=O)n(-c3c(C)cccc3C(C)C)c3cc(-c4cccc5sc(N)nc45)c(Cl)cc32)C1. The lowest BCUT2D eigenvalue weighted by Crippen LogP contribution is -2.52. The van der Waals surface area contributed by atoms with E-state index in [1.807, 2.05) is 49.4 Å². The van der Waals surface area contributed by atoms with Gasteiger partial charge in [0.2, 0.25) is 5.91 Å². The minimum atomic E-state index is -0.638. The van der Waals surface area contributed by atoms with Crippen molar-refractivity contribution in [2.75, 3.05) is 18.8 Å². The van der Waals surface area contributed by atoms with Crippen molar-refractivity contribution in [2.24, 2.45) is 5.92 Å². The van der Waals surface area contributed by atoms with Crippen LogP contribution in [0.2, 0.25) is 5.02 Å². The summed E-state index contributed by atoms with van der Waals surface area (Å²) in [5.41, 5.74) is 10.6. The Morgan fingerprint density at radius 1 is 1.12 bits per heavy atom. The molecule has 1 aliphatic heterocycles. The fourth-order valence-electron chi connectivity index (χ4n) is 5.87. The number of aromatic nitrogens is 3. The Hall–Kier alpha value is -4.21. The maximum absolute atomic E-state index is 14.1. The van der Waals surface area contributed by atoms with Crippen LogP contribution in [0.1, 0.15) is 30.9 Å². The summed E-state index contributed by atoms with van der Waals surface area (Å²) in [5.74, 6) is -0.0322. The summed E-state index contributed by atoms with van der Waals surface area (Å²) in [5, 5.41) is 0.872. The van der Waals surface area contributed by atoms with Gasteiger partial charge >= 0.3 is 11.1 Å². The van der Waals surface area contributed by atoms with Gasteiger partial charge in [-0.15, -0.1) is 0 Å². The lowest BCUT2D eigenvalue weighted by molar-refractivity contribution is -0.132. The molecule has 0 aliphatic carbocycles. The molecule has 5 aromatic rings. The monoisotopic (exact) mass is 599 g/mol. The molecule has 0 atom stereocenters. The van der Waals surface area contributed by atoms with Crippen LogP contribution < -0.4 is 16.9 Å². The number of aryl methyl sites for hydroxylation is 1. The van der Waals surface area contributed by atoms with Crippen LogP contribution >= 0.6 is 22.9 Å². The Balaban J connectivity index is 1.65. The Morgan fingerprint density at radius 3 is 2.57 bits per heavy atom. The lowest BCUT2D eigenvalue weighted by atomic mass is 9.97. The van der Waals surface area contributed by atoms with Crippen LogP contribution in [0.25, 0.3) is 38.1 Å². The van der Waals surface area contributed by atoms with Crippen LogP contribution in [0.3, 0.4) is 0 Å². The fraction of sp³-hybridized carbons (Fsp3) is 0.250. The highest BCUT2D eigenvalue weighted by Crippen LogP contribution is 2.39. The van der Waals surface area contributed by atoms with E-state index in [4.69, 9.17) is 17.3 Å². The van der Waals surface area contributed by atoms with E-state index >= 15 is 0 Å². The van der Waals surface area contributed by atoms with Crippen LogP contribution in [-0.2, 0) is 11.3 Å². The van der Waals surface area contributed by atoms with Crippen LogP contribution in [0.5, 0.6) is 0 Å². The van der Waals surface area contributed by atoms with Gasteiger partial charge in [0, 0.05) is 36.7 Å². The Bertz CT molecular complexity index is 2030. The third-order valence-electron chi connectivity index (χ3n) is 7.95. The molecule has 6 rings (SSSR count). The molecule has 2 N–H and O–H groups in total. The molecule has 0 saturated carbocycles. The number of benzene rings is 3. The van der Waals surface area contributed by atoms with E-state index in [-0.39, 0.29) is 24.3 Å². The first-order chi connectivity index (χ1) is 20.1. The van der Waals surface area contributed by atoms with Crippen molar-refractivity contribution in [1.29, 1.82) is 0 Å². The van der Waals surface area contributed by atoms with Crippen molar-refractivity contribution < 1.29 is 4.79 Å². The van der Waals surface area contributed by atoms with Gasteiger partial charge in [-0.1, -0.05) is 73.7 Å². The number of amides is 1. The van der Waals surface area contributed by atoms with Crippen molar-refractivity contribution in [3.05, 3.63) is 98.0 Å². The smallest absolute Gasteiger partial charge is 0.321 e. The third-order valence-corrected chi connectivity index (χ3v) is 9.11. The Labute approximate surface area is 251 Å². The molecule has 10 heteroatoms. The largest absolute Gasteiger partial charge is 0.375 e. The van der Waals surface area contributed by atoms with Gasteiger partial charge in [-0.25, -0.2) is 4.98 Å². The molecule has 8 nitrogen and oxygen atoms in total. The molecule has 0 radical (unpaired) electrons. The van der Waals surface area contributed by atoms with Gasteiger partial charge in [0.25, 0.3) is 0 Å². The standard InChI is InChI=1S/C32H30ClN5O3S/c1-5-27(39)36-14-19(15-36)16-37-24-13-23(33)22(21-10-7-11-26-28(21)35-32(34)42-26)12-25(24)38(31(41)30(37)40)29-18(4)8-6-9-20(29)17(2)3/h5-13,17,19H,1,14-16H2,2-4H3,(H2,34,35). The molecule has 0 unspecified atom stereocenters. The van der Waals surface area contributed by atoms with Gasteiger partial charge in [-0.2, -0.15) is 0 Å². The van der Waals surface area contributed by atoms with E-state index in [9.17, 15) is 14.4 Å². The average Bonchev–Trinajstić information content (AvgIpc) is 3.33. The first kappa shape index (κ1) is 27.9. The minimum absolute atomic E-state index is 0.0138. The molecular weight excluding hydrogens is 570 g/mol. The predicted octanol–water partition coefficient (Wildman–Crippen LogP) is 5.74. The number of hydrogen-bond donors (Lipinski definition) is 1. The number of hydrogen-bond acceptors (Lipinski definition) is 6. The minimum Gasteiger partial charge on any atom is -0.375 e. The zero-order valence-corrected chi connectivity index (χ0v) is 25.1. The number of carbonyl (C=O) groups excluding carboxylic acids is 1. The number of fused-ring (bicyclic) bond motifs is 2. The highest BCUT2D eigenvalue weighted by atomic mass is 35.5. The number of rotatable bonds is 6. The second-order valence-corrected chi connectivity index (χ2v) is 12.5. The van der Waals surface area contributed by atoms with Crippen LogP contribution in [0.15, 0.2) is 70.8 Å². The van der Waals surface area contributed by atoms with Crippen LogP contribution in [-0.4, -0.2) is 38.0 Å². The number of nitrogen functional groups attached to an aromatic ring is 1. The van der Waals surface area contributed by atoms with Gasteiger partial charge < -0.3 is 15.2 Å². The molecule has 3 aromatic carbocycles. The molecule has 42 heavy (non-hydrogen) atoms. The van der Waals surface area contributed by atoms with Gasteiger partial charge in [0.15, 0.2) is 5.13 Å². The molecule has 1 fully saturated rings. The van der Waals surface area contributed by atoms with Crippen molar-refractivity contribution in [3.63, 3.8) is 0 Å². The number of nitrogens with zero attached hydrogens (tertiary/aromatic N) is 4. The molecule has 3 heterocycles. The van der Waals surface area contributed by atoms with Gasteiger partial charge in [0.1, 0.15) is 0 Å². The molecule has 0 spiro atoms. The number of anilines is 1. The zero-order valence-electron chi connectivity index (χ0n) is 23.6. The van der Waals surface area contributed by atoms with Gasteiger partial charge in [-0.3, -0.25) is 19.0 Å².